The van der Waals surface area contributed by atoms with Gasteiger partial charge in [-0.05, 0) is 18.8 Å². The van der Waals surface area contributed by atoms with Gasteiger partial charge in [-0.1, -0.05) is 34.7 Å². The summed E-state index contributed by atoms with van der Waals surface area (Å²) in [5, 5.41) is 0. The van der Waals surface area contributed by atoms with E-state index in [1.165, 1.54) is 22.8 Å². The number of hydrogen-bond acceptors (Lipinski definition) is 0. The first-order valence-electron chi connectivity index (χ1n) is 2.58. The van der Waals surface area contributed by atoms with Crippen LogP contribution in [-0.4, -0.2) is 4.43 Å². The van der Waals surface area contributed by atoms with E-state index in [2.05, 4.69) is 29.2 Å². The second-order valence-corrected chi connectivity index (χ2v) is 3.12. The van der Waals surface area contributed by atoms with Crippen molar-refractivity contribution in [2.24, 2.45) is 5.92 Å². The molecule has 1 fully saturated rings. The van der Waals surface area contributed by atoms with Gasteiger partial charge < -0.3 is 0 Å². The Kier molecular flexibility index (Phi) is 1.73. The van der Waals surface area contributed by atoms with E-state index in [0.717, 1.165) is 5.92 Å². The largest absolute Gasteiger partial charge is 0.0995 e. The molecule has 0 nitrogen and oxygen atoms in total. The van der Waals surface area contributed by atoms with Gasteiger partial charge in [-0.2, -0.15) is 0 Å². The lowest BCUT2D eigenvalue weighted by Gasteiger charge is -1.82. The maximum Gasteiger partial charge on any atom is 0.000109 e. The SMILES string of the molecule is C=C1CC1CCI. The normalized spacial score (nSPS) is 28.1. The Morgan fingerprint density at radius 1 is 1.86 bits per heavy atom. The van der Waals surface area contributed by atoms with Crippen molar-refractivity contribution in [1.29, 1.82) is 0 Å². The van der Waals surface area contributed by atoms with Crippen LogP contribution in [0.15, 0.2) is 12.2 Å². The van der Waals surface area contributed by atoms with Crippen LogP contribution in [-0.2, 0) is 0 Å². The summed E-state index contributed by atoms with van der Waals surface area (Å²) in [4.78, 5) is 0. The average molecular weight is 208 g/mol. The molecular formula is C6H9I. The van der Waals surface area contributed by atoms with E-state index in [9.17, 15) is 0 Å². The van der Waals surface area contributed by atoms with Crippen molar-refractivity contribution < 1.29 is 0 Å². The lowest BCUT2D eigenvalue weighted by atomic mass is 10.3. The highest BCUT2D eigenvalue weighted by molar-refractivity contribution is 14.1. The zero-order chi connectivity index (χ0) is 5.28. The molecule has 1 saturated carbocycles. The maximum absolute atomic E-state index is 3.86. The molecular weight excluding hydrogens is 199 g/mol. The van der Waals surface area contributed by atoms with Crippen LogP contribution in [0.25, 0.3) is 0 Å². The van der Waals surface area contributed by atoms with Crippen molar-refractivity contribution in [3.05, 3.63) is 12.2 Å². The quantitative estimate of drug-likeness (QED) is 0.371. The Morgan fingerprint density at radius 3 is 2.57 bits per heavy atom. The standard InChI is InChI=1S/C6H9I/c1-5-4-6(5)2-3-7/h6H,1-4H2. The van der Waals surface area contributed by atoms with Crippen molar-refractivity contribution in [3.8, 4) is 0 Å². The Hall–Kier alpha value is 0.470. The molecule has 0 bridgehead atoms. The monoisotopic (exact) mass is 208 g/mol. The summed E-state index contributed by atoms with van der Waals surface area (Å²) in [5.41, 5.74) is 1.47. The van der Waals surface area contributed by atoms with Gasteiger partial charge in [0, 0.05) is 4.43 Å². The summed E-state index contributed by atoms with van der Waals surface area (Å²) in [7, 11) is 0. The zero-order valence-electron chi connectivity index (χ0n) is 4.28. The first-order valence-corrected chi connectivity index (χ1v) is 4.11. The minimum absolute atomic E-state index is 0.914. The van der Waals surface area contributed by atoms with E-state index >= 15 is 0 Å². The van der Waals surface area contributed by atoms with E-state index in [-0.39, 0.29) is 0 Å². The number of alkyl halides is 1. The summed E-state index contributed by atoms with van der Waals surface area (Å²) >= 11 is 2.41. The smallest absolute Gasteiger partial charge is 0.000109 e. The number of rotatable bonds is 2. The lowest BCUT2D eigenvalue weighted by Crippen LogP contribution is -1.73. The van der Waals surface area contributed by atoms with Crippen molar-refractivity contribution in [1.82, 2.24) is 0 Å². The molecule has 0 saturated heterocycles. The second-order valence-electron chi connectivity index (χ2n) is 2.04. The fourth-order valence-electron chi connectivity index (χ4n) is 0.695. The van der Waals surface area contributed by atoms with Gasteiger partial charge in [0.15, 0.2) is 0 Å². The zero-order valence-corrected chi connectivity index (χ0v) is 6.44. The molecule has 0 aromatic rings. The summed E-state index contributed by atoms with van der Waals surface area (Å²) in [6.07, 6.45) is 2.67. The first kappa shape index (κ1) is 5.60. The number of halogens is 1. The molecule has 1 atom stereocenters. The maximum atomic E-state index is 3.86. The highest BCUT2D eigenvalue weighted by atomic mass is 127. The van der Waals surface area contributed by atoms with Gasteiger partial charge >= 0.3 is 0 Å². The first-order chi connectivity index (χ1) is 3.34. The van der Waals surface area contributed by atoms with Crippen molar-refractivity contribution in [2.75, 3.05) is 4.43 Å². The third-order valence-electron chi connectivity index (χ3n) is 1.38. The van der Waals surface area contributed by atoms with Gasteiger partial charge in [0.2, 0.25) is 0 Å². The van der Waals surface area contributed by atoms with E-state index in [1.54, 1.807) is 0 Å². The number of allylic oxidation sites excluding steroid dienone is 1. The van der Waals surface area contributed by atoms with Crippen LogP contribution in [0.2, 0.25) is 0 Å². The molecule has 0 heterocycles. The molecule has 0 spiro atoms. The molecule has 1 aliphatic carbocycles. The highest BCUT2D eigenvalue weighted by Crippen LogP contribution is 2.38. The number of hydrogen-bond donors (Lipinski definition) is 0. The van der Waals surface area contributed by atoms with Gasteiger partial charge in [-0.15, -0.1) is 0 Å². The van der Waals surface area contributed by atoms with E-state index in [0.29, 0.717) is 0 Å². The summed E-state index contributed by atoms with van der Waals surface area (Å²) in [6, 6.07) is 0. The summed E-state index contributed by atoms with van der Waals surface area (Å²) in [6.45, 7) is 3.86. The Labute approximate surface area is 58.1 Å². The van der Waals surface area contributed by atoms with Crippen LogP contribution in [0.4, 0.5) is 0 Å². The fraction of sp³-hybridized carbons (Fsp3) is 0.667. The van der Waals surface area contributed by atoms with Gasteiger partial charge in [0.05, 0.1) is 0 Å². The van der Waals surface area contributed by atoms with Crippen LogP contribution in [0.5, 0.6) is 0 Å². The van der Waals surface area contributed by atoms with Crippen LogP contribution < -0.4 is 0 Å². The van der Waals surface area contributed by atoms with Crippen LogP contribution in [0.1, 0.15) is 12.8 Å². The topological polar surface area (TPSA) is 0 Å². The molecule has 1 aliphatic rings. The Bertz CT molecular complexity index is 86.2. The second kappa shape index (κ2) is 2.16. The summed E-state index contributed by atoms with van der Waals surface area (Å²) in [5.74, 6) is 0.914. The van der Waals surface area contributed by atoms with Crippen molar-refractivity contribution in [3.63, 3.8) is 0 Å². The lowest BCUT2D eigenvalue weighted by molar-refractivity contribution is 0.846. The molecule has 40 valence electrons. The molecule has 0 aromatic heterocycles. The Balaban J connectivity index is 2.09. The molecule has 0 amide bonds. The molecule has 7 heavy (non-hydrogen) atoms. The molecule has 0 aromatic carbocycles. The van der Waals surface area contributed by atoms with Gasteiger partial charge in [-0.25, -0.2) is 0 Å². The fourth-order valence-corrected chi connectivity index (χ4v) is 1.45. The third-order valence-corrected chi connectivity index (χ3v) is 2.01. The Morgan fingerprint density at radius 2 is 2.43 bits per heavy atom. The van der Waals surface area contributed by atoms with E-state index < -0.39 is 0 Å². The predicted octanol–water partition coefficient (Wildman–Crippen LogP) is 2.39. The van der Waals surface area contributed by atoms with E-state index in [1.807, 2.05) is 0 Å². The minimum atomic E-state index is 0.914. The third kappa shape index (κ3) is 1.44. The average Bonchev–Trinajstić information content (AvgIpc) is 2.22. The van der Waals surface area contributed by atoms with Crippen molar-refractivity contribution in [2.45, 2.75) is 12.8 Å². The van der Waals surface area contributed by atoms with Gasteiger partial charge in [-0.3, -0.25) is 0 Å². The molecule has 1 unspecified atom stereocenters. The molecule has 1 rings (SSSR count). The predicted molar refractivity (Wildman–Crippen MR) is 40.8 cm³/mol. The van der Waals surface area contributed by atoms with Crippen molar-refractivity contribution >= 4 is 22.6 Å². The summed E-state index contributed by atoms with van der Waals surface area (Å²) < 4.78 is 1.29. The van der Waals surface area contributed by atoms with Gasteiger partial charge in [0.25, 0.3) is 0 Å². The molecule has 1 heteroatoms. The van der Waals surface area contributed by atoms with Crippen LogP contribution >= 0.6 is 22.6 Å². The van der Waals surface area contributed by atoms with E-state index in [4.69, 9.17) is 0 Å². The van der Waals surface area contributed by atoms with Crippen LogP contribution in [0, 0.1) is 5.92 Å². The van der Waals surface area contributed by atoms with Crippen LogP contribution in [0.3, 0.4) is 0 Å². The minimum Gasteiger partial charge on any atom is -0.0995 e. The molecule has 0 aliphatic heterocycles. The highest BCUT2D eigenvalue weighted by Gasteiger charge is 2.25. The molecule has 0 N–H and O–H groups in total. The molecule has 0 radical (unpaired) electrons. The van der Waals surface area contributed by atoms with Gasteiger partial charge in [0.1, 0.15) is 0 Å².